The zero-order valence-corrected chi connectivity index (χ0v) is 10.2. The van der Waals surface area contributed by atoms with E-state index in [4.69, 9.17) is 14.2 Å². The van der Waals surface area contributed by atoms with Crippen LogP contribution in [0, 0.1) is 0 Å². The van der Waals surface area contributed by atoms with E-state index >= 15 is 0 Å². The molecule has 0 saturated carbocycles. The van der Waals surface area contributed by atoms with Gasteiger partial charge in [-0.25, -0.2) is 0 Å². The van der Waals surface area contributed by atoms with Crippen molar-refractivity contribution in [1.29, 1.82) is 0 Å². The van der Waals surface area contributed by atoms with Gasteiger partial charge in [-0.1, -0.05) is 0 Å². The quantitative estimate of drug-likeness (QED) is 0.679. The van der Waals surface area contributed by atoms with Gasteiger partial charge >= 0.3 is 0 Å². The highest BCUT2D eigenvalue weighted by molar-refractivity contribution is 5.82. The van der Waals surface area contributed by atoms with Crippen molar-refractivity contribution in [1.82, 2.24) is 10.2 Å². The first kappa shape index (κ1) is 12.8. The molecule has 2 heterocycles. The average Bonchev–Trinajstić information content (AvgIpc) is 2.40. The Morgan fingerprint density at radius 2 is 2.41 bits per heavy atom. The minimum Gasteiger partial charge on any atom is -0.382 e. The summed E-state index contributed by atoms with van der Waals surface area (Å²) in [6.07, 6.45) is -0.0118. The first-order valence-electron chi connectivity index (χ1n) is 6.01. The summed E-state index contributed by atoms with van der Waals surface area (Å²) in [5, 5.41) is 3.17. The molecule has 0 aromatic rings. The van der Waals surface area contributed by atoms with Gasteiger partial charge in [-0.15, -0.1) is 0 Å². The number of methoxy groups -OCH3 is 1. The molecule has 2 aliphatic rings. The van der Waals surface area contributed by atoms with Crippen molar-refractivity contribution in [3.05, 3.63) is 0 Å². The maximum Gasteiger partial charge on any atom is 0.242 e. The van der Waals surface area contributed by atoms with Gasteiger partial charge in [0.2, 0.25) is 5.91 Å². The van der Waals surface area contributed by atoms with Crippen LogP contribution in [0.3, 0.4) is 0 Å². The fraction of sp³-hybridized carbons (Fsp3) is 0.909. The third kappa shape index (κ3) is 3.38. The van der Waals surface area contributed by atoms with Crippen molar-refractivity contribution >= 4 is 5.91 Å². The van der Waals surface area contributed by atoms with Crippen molar-refractivity contribution in [3.63, 3.8) is 0 Å². The molecular weight excluding hydrogens is 224 g/mol. The Morgan fingerprint density at radius 1 is 1.53 bits per heavy atom. The molecule has 17 heavy (non-hydrogen) atoms. The lowest BCUT2D eigenvalue weighted by Gasteiger charge is -2.35. The van der Waals surface area contributed by atoms with E-state index in [1.54, 1.807) is 7.11 Å². The topological polar surface area (TPSA) is 60.0 Å². The summed E-state index contributed by atoms with van der Waals surface area (Å²) in [7, 11) is 1.64. The Balaban J connectivity index is 1.85. The second kappa shape index (κ2) is 6.30. The molecule has 0 aliphatic carbocycles. The van der Waals surface area contributed by atoms with E-state index in [0.29, 0.717) is 39.5 Å². The van der Waals surface area contributed by atoms with Crippen LogP contribution >= 0.6 is 0 Å². The summed E-state index contributed by atoms with van der Waals surface area (Å²) in [5.41, 5.74) is 0. The lowest BCUT2D eigenvalue weighted by Crippen LogP contribution is -2.56. The Kier molecular flexibility index (Phi) is 4.73. The molecule has 0 bridgehead atoms. The number of rotatable bonds is 3. The Morgan fingerprint density at radius 3 is 3.12 bits per heavy atom. The first-order valence-corrected chi connectivity index (χ1v) is 6.01. The SMILES string of the molecule is COCC1CN(C(=O)C2COCCN2)CCO1. The molecule has 2 atom stereocenters. The van der Waals surface area contributed by atoms with Gasteiger partial charge in [0.05, 0.1) is 32.5 Å². The monoisotopic (exact) mass is 244 g/mol. The van der Waals surface area contributed by atoms with E-state index in [1.165, 1.54) is 0 Å². The fourth-order valence-corrected chi connectivity index (χ4v) is 2.15. The van der Waals surface area contributed by atoms with Crippen LogP contribution in [0.15, 0.2) is 0 Å². The van der Waals surface area contributed by atoms with Crippen LogP contribution in [0.25, 0.3) is 0 Å². The van der Waals surface area contributed by atoms with Gasteiger partial charge in [0.1, 0.15) is 6.04 Å². The summed E-state index contributed by atoms with van der Waals surface area (Å²) in [4.78, 5) is 14.0. The summed E-state index contributed by atoms with van der Waals surface area (Å²) in [6, 6.07) is -0.204. The maximum atomic E-state index is 12.2. The molecule has 0 aromatic carbocycles. The lowest BCUT2D eigenvalue weighted by molar-refractivity contribution is -0.145. The van der Waals surface area contributed by atoms with Crippen LogP contribution in [0.5, 0.6) is 0 Å². The molecule has 0 aromatic heterocycles. The summed E-state index contributed by atoms with van der Waals surface area (Å²) >= 11 is 0. The van der Waals surface area contributed by atoms with E-state index in [2.05, 4.69) is 5.32 Å². The first-order chi connectivity index (χ1) is 8.31. The number of ether oxygens (including phenoxy) is 3. The summed E-state index contributed by atoms with van der Waals surface area (Å²) < 4.78 is 15.9. The number of nitrogens with zero attached hydrogens (tertiary/aromatic N) is 1. The van der Waals surface area contributed by atoms with Crippen molar-refractivity contribution in [2.24, 2.45) is 0 Å². The molecule has 2 rings (SSSR count). The predicted molar refractivity (Wildman–Crippen MR) is 60.8 cm³/mol. The predicted octanol–water partition coefficient (Wildman–Crippen LogP) is -1.15. The number of amides is 1. The number of carbonyl (C=O) groups is 1. The van der Waals surface area contributed by atoms with Gasteiger partial charge in [-0.3, -0.25) is 4.79 Å². The third-order valence-corrected chi connectivity index (χ3v) is 3.02. The van der Waals surface area contributed by atoms with E-state index < -0.39 is 0 Å². The number of hydrogen-bond acceptors (Lipinski definition) is 5. The summed E-state index contributed by atoms with van der Waals surface area (Å²) in [5.74, 6) is 0.106. The molecule has 2 aliphatic heterocycles. The van der Waals surface area contributed by atoms with E-state index in [0.717, 1.165) is 6.54 Å². The Bertz CT molecular complexity index is 254. The molecule has 6 heteroatoms. The van der Waals surface area contributed by atoms with Crippen molar-refractivity contribution < 1.29 is 19.0 Å². The van der Waals surface area contributed by atoms with E-state index in [9.17, 15) is 4.79 Å². The lowest BCUT2D eigenvalue weighted by atomic mass is 10.2. The van der Waals surface area contributed by atoms with Gasteiger partial charge in [-0.05, 0) is 0 Å². The van der Waals surface area contributed by atoms with E-state index in [1.807, 2.05) is 4.90 Å². The minimum atomic E-state index is -0.204. The molecule has 98 valence electrons. The molecule has 1 amide bonds. The zero-order valence-electron chi connectivity index (χ0n) is 10.2. The number of nitrogens with one attached hydrogen (secondary N) is 1. The van der Waals surface area contributed by atoms with Crippen LogP contribution in [0.4, 0.5) is 0 Å². The molecule has 2 saturated heterocycles. The third-order valence-electron chi connectivity index (χ3n) is 3.02. The highest BCUT2D eigenvalue weighted by Gasteiger charge is 2.30. The van der Waals surface area contributed by atoms with Gasteiger partial charge in [0.25, 0.3) is 0 Å². The summed E-state index contributed by atoms with van der Waals surface area (Å²) in [6.45, 7) is 4.24. The van der Waals surface area contributed by atoms with Crippen LogP contribution in [-0.2, 0) is 19.0 Å². The van der Waals surface area contributed by atoms with Crippen molar-refractivity contribution in [2.75, 3.05) is 53.2 Å². The van der Waals surface area contributed by atoms with Crippen LogP contribution in [0.2, 0.25) is 0 Å². The normalized spacial score (nSPS) is 30.3. The minimum absolute atomic E-state index is 0.0118. The molecule has 2 fully saturated rings. The maximum absolute atomic E-state index is 12.2. The standard InChI is InChI=1S/C11H20N2O4/c1-15-7-9-6-13(3-5-17-9)11(14)10-8-16-4-2-12-10/h9-10,12H,2-8H2,1H3. The van der Waals surface area contributed by atoms with Crippen molar-refractivity contribution in [3.8, 4) is 0 Å². The molecular formula is C11H20N2O4. The molecule has 0 spiro atoms. The highest BCUT2D eigenvalue weighted by atomic mass is 16.5. The highest BCUT2D eigenvalue weighted by Crippen LogP contribution is 2.08. The smallest absolute Gasteiger partial charge is 0.242 e. The molecule has 1 N–H and O–H groups in total. The Labute approximate surface area is 101 Å². The molecule has 2 unspecified atom stereocenters. The largest absolute Gasteiger partial charge is 0.382 e. The van der Waals surface area contributed by atoms with Gasteiger partial charge in [0.15, 0.2) is 0 Å². The Hall–Kier alpha value is -0.690. The molecule has 0 radical (unpaired) electrons. The second-order valence-corrected chi connectivity index (χ2v) is 4.31. The van der Waals surface area contributed by atoms with E-state index in [-0.39, 0.29) is 18.1 Å². The molecule has 6 nitrogen and oxygen atoms in total. The fourth-order valence-electron chi connectivity index (χ4n) is 2.15. The second-order valence-electron chi connectivity index (χ2n) is 4.31. The van der Waals surface area contributed by atoms with Gasteiger partial charge in [-0.2, -0.15) is 0 Å². The van der Waals surface area contributed by atoms with Crippen molar-refractivity contribution in [2.45, 2.75) is 12.1 Å². The number of carbonyl (C=O) groups excluding carboxylic acids is 1. The van der Waals surface area contributed by atoms with Crippen LogP contribution < -0.4 is 5.32 Å². The zero-order chi connectivity index (χ0) is 12.1. The van der Waals surface area contributed by atoms with Crippen LogP contribution in [-0.4, -0.2) is 76.1 Å². The number of hydrogen-bond donors (Lipinski definition) is 1. The van der Waals surface area contributed by atoms with Gasteiger partial charge < -0.3 is 24.4 Å². The average molecular weight is 244 g/mol. The van der Waals surface area contributed by atoms with Crippen LogP contribution in [0.1, 0.15) is 0 Å². The van der Waals surface area contributed by atoms with Gasteiger partial charge in [0, 0.05) is 26.7 Å². The number of morpholine rings is 2.